The lowest BCUT2D eigenvalue weighted by Gasteiger charge is -2.41. The second kappa shape index (κ2) is 7.92. The molecule has 0 unspecified atom stereocenters. The summed E-state index contributed by atoms with van der Waals surface area (Å²) in [5, 5.41) is 0.709. The van der Waals surface area contributed by atoms with Crippen LogP contribution in [0.1, 0.15) is 37.0 Å². The molecule has 176 valence electrons. The van der Waals surface area contributed by atoms with Crippen LogP contribution in [0.15, 0.2) is 72.4 Å². The zero-order valence-corrected chi connectivity index (χ0v) is 19.9. The van der Waals surface area contributed by atoms with Gasteiger partial charge in [-0.15, -0.1) is 0 Å². The van der Waals surface area contributed by atoms with Gasteiger partial charge >= 0.3 is 0 Å². The van der Waals surface area contributed by atoms with E-state index in [9.17, 15) is 17.8 Å². The number of hydrogen-bond acceptors (Lipinski definition) is 6. The second-order valence-electron chi connectivity index (χ2n) is 9.75. The standard InChI is InChI=1S/C26H27N3O4S/c1-25(2)18-12-13-26(25,16-34(31,32)33)23(14-18)28-29-24(30)20-15-22(17-8-4-3-5-9-17)27-21-11-7-6-10-19(20)21/h3-11,14-15,18,28H,12-13,16H2,1-2H3,(H,29,30)(H,31,32,33)/p-1/t18-,26-/m0/s1. The fraction of sp³-hybridized carbons (Fsp3) is 0.308. The van der Waals surface area contributed by atoms with Gasteiger partial charge in [-0.25, -0.2) is 13.4 Å². The van der Waals surface area contributed by atoms with Crippen LogP contribution in [0.3, 0.4) is 0 Å². The van der Waals surface area contributed by atoms with Crippen LogP contribution >= 0.6 is 0 Å². The smallest absolute Gasteiger partial charge is 0.270 e. The van der Waals surface area contributed by atoms with Crippen LogP contribution in [0, 0.1) is 16.7 Å². The fourth-order valence-corrected chi connectivity index (χ4v) is 6.96. The van der Waals surface area contributed by atoms with Gasteiger partial charge in [-0.05, 0) is 36.3 Å². The van der Waals surface area contributed by atoms with Gasteiger partial charge in [0, 0.05) is 27.8 Å². The minimum Gasteiger partial charge on any atom is -0.748 e. The molecular formula is C26H26N3O4S-. The van der Waals surface area contributed by atoms with Gasteiger partial charge in [-0.3, -0.25) is 10.2 Å². The zero-order chi connectivity index (χ0) is 24.1. The van der Waals surface area contributed by atoms with E-state index in [2.05, 4.69) is 10.9 Å². The third kappa shape index (κ3) is 3.67. The summed E-state index contributed by atoms with van der Waals surface area (Å²) in [5.74, 6) is -0.716. The molecule has 0 saturated heterocycles. The first-order valence-electron chi connectivity index (χ1n) is 11.3. The van der Waals surface area contributed by atoms with Crippen molar-refractivity contribution in [3.63, 3.8) is 0 Å². The number of benzene rings is 2. The lowest BCUT2D eigenvalue weighted by atomic mass is 9.69. The summed E-state index contributed by atoms with van der Waals surface area (Å²) in [5.41, 5.74) is 7.83. The van der Waals surface area contributed by atoms with Gasteiger partial charge < -0.3 is 9.98 Å². The number of carbonyl (C=O) groups is 1. The van der Waals surface area contributed by atoms with Crippen molar-refractivity contribution in [1.29, 1.82) is 0 Å². The number of hydrogen-bond donors (Lipinski definition) is 2. The Morgan fingerprint density at radius 2 is 1.82 bits per heavy atom. The van der Waals surface area contributed by atoms with Gasteiger partial charge in [-0.1, -0.05) is 68.5 Å². The van der Waals surface area contributed by atoms with E-state index in [1.165, 1.54) is 0 Å². The van der Waals surface area contributed by atoms with Crippen molar-refractivity contribution in [3.05, 3.63) is 78.0 Å². The molecule has 2 atom stereocenters. The maximum Gasteiger partial charge on any atom is 0.270 e. The number of carbonyl (C=O) groups excluding carboxylic acids is 1. The molecule has 34 heavy (non-hydrogen) atoms. The summed E-state index contributed by atoms with van der Waals surface area (Å²) < 4.78 is 35.3. The van der Waals surface area contributed by atoms with Crippen molar-refractivity contribution in [2.45, 2.75) is 26.7 Å². The van der Waals surface area contributed by atoms with E-state index in [-0.39, 0.29) is 11.8 Å². The number of allylic oxidation sites excluding steroid dienone is 2. The number of aromatic nitrogens is 1. The number of rotatable bonds is 6. The number of pyridine rings is 1. The summed E-state index contributed by atoms with van der Waals surface area (Å²) in [6.07, 6.45) is 3.36. The van der Waals surface area contributed by atoms with Crippen LogP contribution in [0.5, 0.6) is 0 Å². The molecule has 1 heterocycles. The molecule has 0 spiro atoms. The van der Waals surface area contributed by atoms with Gasteiger partial charge in [0.15, 0.2) is 0 Å². The normalized spacial score (nSPS) is 23.0. The number of hydrazine groups is 1. The Labute approximate surface area is 199 Å². The Hall–Kier alpha value is -3.23. The molecule has 2 aliphatic carbocycles. The second-order valence-corrected chi connectivity index (χ2v) is 11.2. The van der Waals surface area contributed by atoms with Crippen molar-refractivity contribution in [2.24, 2.45) is 16.7 Å². The number of amides is 1. The predicted molar refractivity (Wildman–Crippen MR) is 129 cm³/mol. The van der Waals surface area contributed by atoms with Gasteiger partial charge in [0.05, 0.1) is 26.9 Å². The van der Waals surface area contributed by atoms with Crippen molar-refractivity contribution >= 4 is 26.9 Å². The van der Waals surface area contributed by atoms with Crippen LogP contribution in [-0.4, -0.2) is 29.6 Å². The third-order valence-electron chi connectivity index (χ3n) is 7.69. The maximum absolute atomic E-state index is 13.3. The molecule has 7 nitrogen and oxygen atoms in total. The minimum absolute atomic E-state index is 0.139. The van der Waals surface area contributed by atoms with E-state index in [4.69, 9.17) is 4.98 Å². The van der Waals surface area contributed by atoms with E-state index in [1.54, 1.807) is 6.07 Å². The van der Waals surface area contributed by atoms with E-state index < -0.39 is 26.7 Å². The van der Waals surface area contributed by atoms with E-state index in [0.29, 0.717) is 34.3 Å². The molecule has 1 aromatic heterocycles. The molecule has 3 aromatic rings. The highest BCUT2D eigenvalue weighted by Gasteiger charge is 2.61. The van der Waals surface area contributed by atoms with Crippen molar-refractivity contribution < 1.29 is 17.8 Å². The average Bonchev–Trinajstić information content (AvgIpc) is 3.16. The lowest BCUT2D eigenvalue weighted by molar-refractivity contribution is 0.0928. The maximum atomic E-state index is 13.3. The quantitative estimate of drug-likeness (QED) is 0.411. The van der Waals surface area contributed by atoms with E-state index in [0.717, 1.165) is 12.0 Å². The fourth-order valence-electron chi connectivity index (χ4n) is 5.68. The summed E-state index contributed by atoms with van der Waals surface area (Å²) in [7, 11) is -4.46. The third-order valence-corrected chi connectivity index (χ3v) is 8.54. The Morgan fingerprint density at radius 1 is 1.12 bits per heavy atom. The number of nitrogens with zero attached hydrogens (tertiary/aromatic N) is 1. The van der Waals surface area contributed by atoms with Crippen molar-refractivity contribution in [2.75, 3.05) is 5.75 Å². The van der Waals surface area contributed by atoms with Crippen molar-refractivity contribution in [1.82, 2.24) is 15.8 Å². The lowest BCUT2D eigenvalue weighted by Crippen LogP contribution is -2.47. The highest BCUT2D eigenvalue weighted by Crippen LogP contribution is 2.64. The van der Waals surface area contributed by atoms with Crippen LogP contribution < -0.4 is 10.9 Å². The molecule has 1 amide bonds. The molecule has 1 fully saturated rings. The Morgan fingerprint density at radius 3 is 2.53 bits per heavy atom. The van der Waals surface area contributed by atoms with Crippen molar-refractivity contribution in [3.8, 4) is 11.3 Å². The first-order chi connectivity index (χ1) is 16.1. The average molecular weight is 477 g/mol. The van der Waals surface area contributed by atoms with Crippen LogP contribution in [0.25, 0.3) is 22.2 Å². The van der Waals surface area contributed by atoms with E-state index >= 15 is 0 Å². The molecule has 5 rings (SSSR count). The summed E-state index contributed by atoms with van der Waals surface area (Å²) in [6.45, 7) is 3.98. The summed E-state index contributed by atoms with van der Waals surface area (Å²) in [4.78, 5) is 18.1. The molecule has 2 aliphatic rings. The molecule has 1 saturated carbocycles. The monoisotopic (exact) mass is 476 g/mol. The highest BCUT2D eigenvalue weighted by atomic mass is 32.2. The first kappa shape index (κ1) is 22.6. The Bertz CT molecular complexity index is 1420. The topological polar surface area (TPSA) is 111 Å². The van der Waals surface area contributed by atoms with Crippen LogP contribution in [0.4, 0.5) is 0 Å². The molecule has 2 bridgehead atoms. The highest BCUT2D eigenvalue weighted by molar-refractivity contribution is 7.85. The molecule has 0 aliphatic heterocycles. The van der Waals surface area contributed by atoms with Gasteiger partial charge in [0.2, 0.25) is 0 Å². The van der Waals surface area contributed by atoms with Gasteiger partial charge in [0.25, 0.3) is 5.91 Å². The zero-order valence-electron chi connectivity index (χ0n) is 19.0. The Kier molecular flexibility index (Phi) is 5.26. The molecule has 2 N–H and O–H groups in total. The molecule has 2 aromatic carbocycles. The minimum atomic E-state index is -4.46. The summed E-state index contributed by atoms with van der Waals surface area (Å²) in [6, 6.07) is 18.8. The largest absolute Gasteiger partial charge is 0.748 e. The molecule has 8 heteroatoms. The number of fused-ring (bicyclic) bond motifs is 3. The Balaban J connectivity index is 1.46. The predicted octanol–water partition coefficient (Wildman–Crippen LogP) is 4.00. The van der Waals surface area contributed by atoms with Crippen LogP contribution in [0.2, 0.25) is 0 Å². The molecular weight excluding hydrogens is 450 g/mol. The van der Waals surface area contributed by atoms with Gasteiger partial charge in [-0.2, -0.15) is 0 Å². The first-order valence-corrected chi connectivity index (χ1v) is 12.9. The molecule has 0 radical (unpaired) electrons. The van der Waals surface area contributed by atoms with E-state index in [1.807, 2.05) is 74.5 Å². The van der Waals surface area contributed by atoms with Gasteiger partial charge in [0.1, 0.15) is 0 Å². The SMILES string of the molecule is CC1(C)[C@@H]2C=C(NNC(=O)c3cc(-c4ccccc4)nc4ccccc34)[C@@]1(CS(=O)(=O)[O-])CC2. The summed E-state index contributed by atoms with van der Waals surface area (Å²) >= 11 is 0. The van der Waals surface area contributed by atoms with Crippen LogP contribution in [-0.2, 0) is 10.1 Å². The number of para-hydroxylation sites is 1. The number of nitrogens with one attached hydrogen (secondary N) is 2.